The van der Waals surface area contributed by atoms with Crippen LogP contribution in [0.2, 0.25) is 0 Å². The fourth-order valence-corrected chi connectivity index (χ4v) is 4.13. The number of nitrogens with one attached hydrogen (secondary N) is 2. The summed E-state index contributed by atoms with van der Waals surface area (Å²) in [6.45, 7) is 0.786. The van der Waals surface area contributed by atoms with Gasteiger partial charge in [0.05, 0.1) is 15.4 Å². The maximum atomic E-state index is 15.0. The largest absolute Gasteiger partial charge is 0.368 e. The highest BCUT2D eigenvalue weighted by Gasteiger charge is 2.26. The first-order chi connectivity index (χ1) is 12.3. The number of alkyl halides is 1. The predicted octanol–water partition coefficient (Wildman–Crippen LogP) is 4.56. The molecule has 2 aromatic carbocycles. The molecule has 3 aromatic rings. The van der Waals surface area contributed by atoms with E-state index in [1.54, 1.807) is 36.4 Å². The van der Waals surface area contributed by atoms with Crippen LogP contribution in [-0.2, 0) is 9.73 Å². The first-order valence-corrected chi connectivity index (χ1v) is 10.3. The molecule has 0 aliphatic carbocycles. The number of para-hydroxylation sites is 1. The van der Waals surface area contributed by atoms with E-state index in [0.29, 0.717) is 40.0 Å². The molecule has 4 rings (SSSR count). The molecule has 7 heteroatoms. The summed E-state index contributed by atoms with van der Waals surface area (Å²) < 4.78 is 48.8. The number of fused-ring (bicyclic) bond motifs is 1. The quantitative estimate of drug-likeness (QED) is 0.705. The minimum absolute atomic E-state index is 0.247. The van der Waals surface area contributed by atoms with Gasteiger partial charge in [0.15, 0.2) is 5.82 Å². The highest BCUT2D eigenvalue weighted by atomic mass is 32.2. The van der Waals surface area contributed by atoms with Gasteiger partial charge in [-0.05, 0) is 36.8 Å². The van der Waals surface area contributed by atoms with Gasteiger partial charge in [-0.3, -0.25) is 0 Å². The van der Waals surface area contributed by atoms with Crippen LogP contribution in [0.1, 0.15) is 6.42 Å². The van der Waals surface area contributed by atoms with Crippen molar-refractivity contribution in [2.75, 3.05) is 24.2 Å². The van der Waals surface area contributed by atoms with E-state index in [2.05, 4.69) is 4.98 Å². The molecule has 2 atom stereocenters. The summed E-state index contributed by atoms with van der Waals surface area (Å²) in [6.07, 6.45) is 0.849. The van der Waals surface area contributed by atoms with Gasteiger partial charge in [-0.25, -0.2) is 17.8 Å². The van der Waals surface area contributed by atoms with Crippen LogP contribution in [0.25, 0.3) is 22.2 Å². The Bertz CT molecular complexity index is 1090. The van der Waals surface area contributed by atoms with Crippen molar-refractivity contribution in [3.8, 4) is 11.3 Å². The predicted molar refractivity (Wildman–Crippen MR) is 100 cm³/mol. The van der Waals surface area contributed by atoms with Crippen molar-refractivity contribution >= 4 is 26.3 Å². The van der Waals surface area contributed by atoms with Crippen LogP contribution in [0.5, 0.6) is 0 Å². The molecule has 1 aliphatic heterocycles. The van der Waals surface area contributed by atoms with E-state index >= 15 is 4.39 Å². The molecule has 26 heavy (non-hydrogen) atoms. The van der Waals surface area contributed by atoms with Gasteiger partial charge >= 0.3 is 0 Å². The van der Waals surface area contributed by atoms with Gasteiger partial charge in [0.25, 0.3) is 0 Å². The van der Waals surface area contributed by atoms with E-state index in [-0.39, 0.29) is 12.2 Å². The maximum Gasteiger partial charge on any atom is 0.156 e. The Balaban J connectivity index is 1.95. The monoisotopic (exact) mass is 375 g/mol. The zero-order valence-electron chi connectivity index (χ0n) is 14.3. The third kappa shape index (κ3) is 2.86. The molecule has 0 bridgehead atoms. The number of H-pyrrole nitrogens is 1. The van der Waals surface area contributed by atoms with E-state index < -0.39 is 21.7 Å². The topological polar surface area (TPSA) is 60.0 Å². The lowest BCUT2D eigenvalue weighted by atomic mass is 10.1. The van der Waals surface area contributed by atoms with Crippen molar-refractivity contribution in [3.05, 3.63) is 48.3 Å². The number of nitrogens with zero attached hydrogens (tertiary/aromatic N) is 1. The molecule has 2 heterocycles. The van der Waals surface area contributed by atoms with Gasteiger partial charge < -0.3 is 9.88 Å². The van der Waals surface area contributed by atoms with Crippen LogP contribution in [-0.4, -0.2) is 34.7 Å². The van der Waals surface area contributed by atoms with Crippen molar-refractivity contribution in [1.29, 1.82) is 4.78 Å². The van der Waals surface area contributed by atoms with Crippen LogP contribution in [0.15, 0.2) is 47.4 Å². The fourth-order valence-electron chi connectivity index (χ4n) is 3.46. The Kier molecular flexibility index (Phi) is 3.99. The van der Waals surface area contributed by atoms with Crippen LogP contribution >= 0.6 is 0 Å². The molecule has 2 unspecified atom stereocenters. The summed E-state index contributed by atoms with van der Waals surface area (Å²) in [5.74, 6) is -0.400. The molecule has 0 amide bonds. The van der Waals surface area contributed by atoms with Gasteiger partial charge in [-0.1, -0.05) is 12.1 Å². The van der Waals surface area contributed by atoms with E-state index in [4.69, 9.17) is 4.78 Å². The SMILES string of the molecule is CS(=N)(=O)c1ccc(N2CCC(F)C2)c(-c2[nH]c3ccccc3c2F)c1. The smallest absolute Gasteiger partial charge is 0.156 e. The number of anilines is 1. The highest BCUT2D eigenvalue weighted by molar-refractivity contribution is 7.91. The zero-order valence-corrected chi connectivity index (χ0v) is 15.1. The van der Waals surface area contributed by atoms with Crippen LogP contribution in [0.3, 0.4) is 0 Å². The molecule has 1 aliphatic rings. The Morgan fingerprint density at radius 1 is 1.27 bits per heavy atom. The number of rotatable bonds is 3. The molecule has 1 saturated heterocycles. The third-order valence-electron chi connectivity index (χ3n) is 4.80. The average molecular weight is 375 g/mol. The molecule has 0 spiro atoms. The third-order valence-corrected chi connectivity index (χ3v) is 5.95. The zero-order chi connectivity index (χ0) is 18.5. The second-order valence-electron chi connectivity index (χ2n) is 6.71. The minimum atomic E-state index is -2.96. The highest BCUT2D eigenvalue weighted by Crippen LogP contribution is 2.38. The van der Waals surface area contributed by atoms with E-state index in [1.165, 1.54) is 6.26 Å². The van der Waals surface area contributed by atoms with Crippen molar-refractivity contribution in [2.24, 2.45) is 0 Å². The van der Waals surface area contributed by atoms with Gasteiger partial charge in [0.2, 0.25) is 0 Å². The number of benzene rings is 2. The van der Waals surface area contributed by atoms with Gasteiger partial charge in [0.1, 0.15) is 6.17 Å². The molecular formula is C19H19F2N3OS. The van der Waals surface area contributed by atoms with Crippen LogP contribution in [0, 0.1) is 10.6 Å². The van der Waals surface area contributed by atoms with E-state index in [0.717, 1.165) is 0 Å². The second-order valence-corrected chi connectivity index (χ2v) is 8.87. The molecule has 0 radical (unpaired) electrons. The average Bonchev–Trinajstić information content (AvgIpc) is 3.18. The van der Waals surface area contributed by atoms with Crippen molar-refractivity contribution in [2.45, 2.75) is 17.5 Å². The van der Waals surface area contributed by atoms with Crippen molar-refractivity contribution < 1.29 is 13.0 Å². The summed E-state index contributed by atoms with van der Waals surface area (Å²) in [5.41, 5.74) is 2.12. The Hall–Kier alpha value is -2.41. The van der Waals surface area contributed by atoms with Gasteiger partial charge in [0, 0.05) is 46.4 Å². The van der Waals surface area contributed by atoms with Gasteiger partial charge in [-0.15, -0.1) is 0 Å². The molecule has 1 fully saturated rings. The maximum absolute atomic E-state index is 15.0. The summed E-state index contributed by atoms with van der Waals surface area (Å²) in [6, 6.07) is 12.0. The standard InChI is InChI=1S/C19H19F2N3OS/c1-26(22,25)13-6-7-17(24-9-8-12(20)11-24)15(10-13)19-18(21)14-4-2-3-5-16(14)23-19/h2-7,10,12,22-23H,8-9,11H2,1H3. The van der Waals surface area contributed by atoms with Crippen LogP contribution < -0.4 is 4.90 Å². The lowest BCUT2D eigenvalue weighted by Crippen LogP contribution is -2.21. The first-order valence-electron chi connectivity index (χ1n) is 8.38. The summed E-state index contributed by atoms with van der Waals surface area (Å²) in [7, 11) is -2.96. The normalized spacial score (nSPS) is 19.8. The summed E-state index contributed by atoms with van der Waals surface area (Å²) in [5, 5.41) is 0.465. The fraction of sp³-hybridized carbons (Fsp3) is 0.263. The lowest BCUT2D eigenvalue weighted by Gasteiger charge is -2.22. The van der Waals surface area contributed by atoms with Crippen LogP contribution in [0.4, 0.5) is 14.5 Å². The summed E-state index contributed by atoms with van der Waals surface area (Å²) >= 11 is 0. The number of aromatic nitrogens is 1. The lowest BCUT2D eigenvalue weighted by molar-refractivity contribution is 0.364. The molecule has 136 valence electrons. The first kappa shape index (κ1) is 17.0. The minimum Gasteiger partial charge on any atom is -0.368 e. The number of aromatic amines is 1. The van der Waals surface area contributed by atoms with E-state index in [1.807, 2.05) is 11.0 Å². The number of halogens is 2. The van der Waals surface area contributed by atoms with E-state index in [9.17, 15) is 8.60 Å². The molecule has 4 nitrogen and oxygen atoms in total. The van der Waals surface area contributed by atoms with Crippen molar-refractivity contribution in [3.63, 3.8) is 0 Å². The second kappa shape index (κ2) is 6.09. The molecule has 2 N–H and O–H groups in total. The van der Waals surface area contributed by atoms with Gasteiger partial charge in [-0.2, -0.15) is 0 Å². The number of hydrogen-bond acceptors (Lipinski definition) is 3. The Morgan fingerprint density at radius 3 is 2.69 bits per heavy atom. The Morgan fingerprint density at radius 2 is 2.04 bits per heavy atom. The van der Waals surface area contributed by atoms with Crippen molar-refractivity contribution in [1.82, 2.24) is 4.98 Å². The number of hydrogen-bond donors (Lipinski definition) is 2. The molecular weight excluding hydrogens is 356 g/mol. The molecule has 0 saturated carbocycles. The summed E-state index contributed by atoms with van der Waals surface area (Å²) in [4.78, 5) is 5.28. The molecule has 1 aromatic heterocycles. The Labute approximate surface area is 150 Å².